The van der Waals surface area contributed by atoms with Crippen molar-refractivity contribution in [2.45, 2.75) is 6.92 Å². The average molecular weight is 156 g/mol. The first-order valence-corrected chi connectivity index (χ1v) is 3.23. The largest absolute Gasteiger partial charge is 0.384 e. The smallest absolute Gasteiger partial charge is 0.177 e. The number of rotatable bonds is 4. The number of nitrogens with one attached hydrogen (secondary N) is 2. The molecule has 0 aliphatic rings. The van der Waals surface area contributed by atoms with Crippen LogP contribution in [0.1, 0.15) is 6.92 Å². The zero-order chi connectivity index (χ0) is 8.85. The van der Waals surface area contributed by atoms with Crippen LogP contribution in [0.3, 0.4) is 0 Å². The quantitative estimate of drug-likeness (QED) is 0.422. The van der Waals surface area contributed by atoms with E-state index in [-0.39, 0.29) is 11.5 Å². The van der Waals surface area contributed by atoms with Crippen LogP contribution in [0.4, 0.5) is 0 Å². The highest BCUT2D eigenvalue weighted by Crippen LogP contribution is 1.94. The summed E-state index contributed by atoms with van der Waals surface area (Å²) < 4.78 is 0. The van der Waals surface area contributed by atoms with E-state index in [1.165, 1.54) is 6.92 Å². The topological polar surface area (TPSA) is 58.2 Å². The standard InChI is InChI=1S/C7H12N2O2/c1-5(11)7(9-3)6(4-10)8-2/h4,8-9H,1-3H3/b7-6-. The van der Waals surface area contributed by atoms with E-state index < -0.39 is 0 Å². The van der Waals surface area contributed by atoms with Crippen LogP contribution in [0.5, 0.6) is 0 Å². The van der Waals surface area contributed by atoms with Crippen LogP contribution < -0.4 is 10.6 Å². The lowest BCUT2D eigenvalue weighted by atomic mass is 10.2. The Balaban J connectivity index is 4.76. The van der Waals surface area contributed by atoms with Crippen LogP contribution in [-0.2, 0) is 9.59 Å². The summed E-state index contributed by atoms with van der Waals surface area (Å²) in [5, 5.41) is 5.25. The molecule has 4 heteroatoms. The summed E-state index contributed by atoms with van der Waals surface area (Å²) in [6, 6.07) is 0. The van der Waals surface area contributed by atoms with Crippen molar-refractivity contribution >= 4 is 12.1 Å². The number of ketones is 1. The molecule has 0 fully saturated rings. The van der Waals surface area contributed by atoms with Crippen molar-refractivity contribution in [3.05, 3.63) is 11.4 Å². The summed E-state index contributed by atoms with van der Waals surface area (Å²) in [5.74, 6) is -0.163. The first-order valence-electron chi connectivity index (χ1n) is 3.23. The number of hydrogen-bond acceptors (Lipinski definition) is 4. The number of hydrogen-bond donors (Lipinski definition) is 2. The first-order chi connectivity index (χ1) is 5.17. The van der Waals surface area contributed by atoms with Crippen molar-refractivity contribution in [1.29, 1.82) is 0 Å². The highest BCUT2D eigenvalue weighted by atomic mass is 16.1. The van der Waals surface area contributed by atoms with Gasteiger partial charge in [-0.15, -0.1) is 0 Å². The van der Waals surface area contributed by atoms with Gasteiger partial charge in [0.1, 0.15) is 11.4 Å². The second kappa shape index (κ2) is 4.49. The normalized spacial score (nSPS) is 11.5. The predicted molar refractivity (Wildman–Crippen MR) is 41.9 cm³/mol. The number of aldehydes is 1. The molecular formula is C7H12N2O2. The molecule has 4 nitrogen and oxygen atoms in total. The molecule has 2 N–H and O–H groups in total. The minimum atomic E-state index is -0.163. The van der Waals surface area contributed by atoms with Crippen LogP contribution in [0.2, 0.25) is 0 Å². The van der Waals surface area contributed by atoms with Gasteiger partial charge in [-0.2, -0.15) is 0 Å². The van der Waals surface area contributed by atoms with E-state index >= 15 is 0 Å². The Morgan fingerprint density at radius 2 is 1.82 bits per heavy atom. The average Bonchev–Trinajstić information content (AvgIpc) is 1.99. The Labute approximate surface area is 65.7 Å². The van der Waals surface area contributed by atoms with E-state index in [1.54, 1.807) is 14.1 Å². The van der Waals surface area contributed by atoms with Crippen LogP contribution in [0.15, 0.2) is 11.4 Å². The minimum absolute atomic E-state index is 0.163. The van der Waals surface area contributed by atoms with Gasteiger partial charge in [0.2, 0.25) is 0 Å². The summed E-state index contributed by atoms with van der Waals surface area (Å²) in [6.45, 7) is 1.40. The molecule has 0 spiro atoms. The maximum absolute atomic E-state index is 10.8. The van der Waals surface area contributed by atoms with Gasteiger partial charge in [-0.1, -0.05) is 0 Å². The highest BCUT2D eigenvalue weighted by molar-refractivity contribution is 5.97. The van der Waals surface area contributed by atoms with E-state index in [4.69, 9.17) is 0 Å². The Morgan fingerprint density at radius 3 is 1.91 bits per heavy atom. The molecule has 0 unspecified atom stereocenters. The van der Waals surface area contributed by atoms with Crippen LogP contribution >= 0.6 is 0 Å². The molecule has 0 bridgehead atoms. The maximum Gasteiger partial charge on any atom is 0.177 e. The van der Waals surface area contributed by atoms with Crippen molar-refractivity contribution in [2.75, 3.05) is 14.1 Å². The monoisotopic (exact) mass is 156 g/mol. The van der Waals surface area contributed by atoms with Gasteiger partial charge >= 0.3 is 0 Å². The molecule has 0 aromatic rings. The lowest BCUT2D eigenvalue weighted by molar-refractivity contribution is -0.114. The maximum atomic E-state index is 10.8. The third kappa shape index (κ3) is 2.41. The van der Waals surface area contributed by atoms with Crippen LogP contribution in [-0.4, -0.2) is 26.2 Å². The molecule has 0 aromatic carbocycles. The van der Waals surface area contributed by atoms with Gasteiger partial charge in [-0.05, 0) is 0 Å². The third-order valence-electron chi connectivity index (χ3n) is 1.26. The van der Waals surface area contributed by atoms with Gasteiger partial charge in [0.05, 0.1) is 0 Å². The second-order valence-electron chi connectivity index (χ2n) is 1.96. The molecule has 11 heavy (non-hydrogen) atoms. The Kier molecular flexibility index (Phi) is 3.95. The van der Waals surface area contributed by atoms with E-state index in [9.17, 15) is 9.59 Å². The molecule has 0 aromatic heterocycles. The highest BCUT2D eigenvalue weighted by Gasteiger charge is 2.06. The van der Waals surface area contributed by atoms with Crippen molar-refractivity contribution < 1.29 is 9.59 Å². The summed E-state index contributed by atoms with van der Waals surface area (Å²) >= 11 is 0. The van der Waals surface area contributed by atoms with Crippen molar-refractivity contribution in [3.63, 3.8) is 0 Å². The number of Topliss-reactive ketones (excluding diaryl/α,β-unsaturated/α-hetero) is 1. The summed E-state index contributed by atoms with van der Waals surface area (Å²) in [6.07, 6.45) is 0.604. The fraction of sp³-hybridized carbons (Fsp3) is 0.429. The zero-order valence-corrected chi connectivity index (χ0v) is 6.89. The van der Waals surface area contributed by atoms with Gasteiger partial charge in [-0.3, -0.25) is 9.59 Å². The SMILES string of the molecule is CN/C(C=O)=C(\NC)C(C)=O. The molecular weight excluding hydrogens is 144 g/mol. The Hall–Kier alpha value is -1.32. The van der Waals surface area contributed by atoms with Gasteiger partial charge in [0, 0.05) is 21.0 Å². The third-order valence-corrected chi connectivity index (χ3v) is 1.26. The number of likely N-dealkylation sites (N-methyl/N-ethyl adjacent to an activating group) is 2. The molecule has 0 saturated heterocycles. The molecule has 0 atom stereocenters. The van der Waals surface area contributed by atoms with Gasteiger partial charge in [0.25, 0.3) is 0 Å². The van der Waals surface area contributed by atoms with Crippen molar-refractivity contribution in [3.8, 4) is 0 Å². The summed E-state index contributed by atoms with van der Waals surface area (Å²) in [7, 11) is 3.18. The van der Waals surface area contributed by atoms with Crippen LogP contribution in [0, 0.1) is 0 Å². The molecule has 0 saturated carbocycles. The predicted octanol–water partition coefficient (Wildman–Crippen LogP) is -0.575. The first kappa shape index (κ1) is 9.68. The molecule has 0 aliphatic carbocycles. The number of carbonyl (C=O) groups excluding carboxylic acids is 2. The van der Waals surface area contributed by atoms with E-state index in [1.807, 2.05) is 0 Å². The summed E-state index contributed by atoms with van der Waals surface area (Å²) in [5.41, 5.74) is 0.586. The van der Waals surface area contributed by atoms with E-state index in [2.05, 4.69) is 10.6 Å². The molecule has 0 heterocycles. The molecule has 0 amide bonds. The summed E-state index contributed by atoms with van der Waals surface area (Å²) in [4.78, 5) is 21.1. The van der Waals surface area contributed by atoms with Gasteiger partial charge < -0.3 is 10.6 Å². The van der Waals surface area contributed by atoms with E-state index in [0.29, 0.717) is 12.0 Å². The van der Waals surface area contributed by atoms with Crippen molar-refractivity contribution in [1.82, 2.24) is 10.6 Å². The minimum Gasteiger partial charge on any atom is -0.384 e. The van der Waals surface area contributed by atoms with Gasteiger partial charge in [-0.25, -0.2) is 0 Å². The molecule has 0 rings (SSSR count). The molecule has 62 valence electrons. The number of carbonyl (C=O) groups is 2. The van der Waals surface area contributed by atoms with Crippen LogP contribution in [0.25, 0.3) is 0 Å². The number of allylic oxidation sites excluding steroid dienone is 2. The zero-order valence-electron chi connectivity index (χ0n) is 6.89. The molecule has 0 radical (unpaired) electrons. The van der Waals surface area contributed by atoms with Crippen molar-refractivity contribution in [2.24, 2.45) is 0 Å². The lowest BCUT2D eigenvalue weighted by Crippen LogP contribution is -2.22. The molecule has 0 aliphatic heterocycles. The van der Waals surface area contributed by atoms with E-state index in [0.717, 1.165) is 0 Å². The Bertz CT molecular complexity index is 197. The lowest BCUT2D eigenvalue weighted by Gasteiger charge is -2.05. The Morgan fingerprint density at radius 1 is 1.27 bits per heavy atom. The second-order valence-corrected chi connectivity index (χ2v) is 1.96. The fourth-order valence-corrected chi connectivity index (χ4v) is 0.743. The fourth-order valence-electron chi connectivity index (χ4n) is 0.743. The van der Waals surface area contributed by atoms with Gasteiger partial charge in [0.15, 0.2) is 12.1 Å².